The lowest BCUT2D eigenvalue weighted by Crippen LogP contribution is -2.15. The fourth-order valence-electron chi connectivity index (χ4n) is 1.58. The van der Waals surface area contributed by atoms with E-state index in [1.807, 2.05) is 49.2 Å². The van der Waals surface area contributed by atoms with Crippen molar-refractivity contribution in [3.63, 3.8) is 0 Å². The molecule has 0 fully saturated rings. The van der Waals surface area contributed by atoms with Crippen LogP contribution in [0.3, 0.4) is 0 Å². The predicted molar refractivity (Wildman–Crippen MR) is 77.2 cm³/mol. The molecule has 0 radical (unpaired) electrons. The van der Waals surface area contributed by atoms with Crippen LogP contribution in [-0.2, 0) is 0 Å². The highest BCUT2D eigenvalue weighted by molar-refractivity contribution is 7.80. The first-order valence-corrected chi connectivity index (χ1v) is 5.92. The number of thiocarbonyl (C=S) groups is 1. The minimum absolute atomic E-state index is 0.385. The number of nitrogens with zero attached hydrogens (tertiary/aromatic N) is 3. The first kappa shape index (κ1) is 12.4. The summed E-state index contributed by atoms with van der Waals surface area (Å²) in [7, 11) is 1.91. The van der Waals surface area contributed by atoms with Gasteiger partial charge in [-0.3, -0.25) is 0 Å². The molecule has 1 heterocycles. The van der Waals surface area contributed by atoms with Crippen LogP contribution in [0.5, 0.6) is 0 Å². The van der Waals surface area contributed by atoms with E-state index in [4.69, 9.17) is 18.0 Å². The Labute approximate surface area is 111 Å². The molecule has 0 spiro atoms. The fraction of sp³-hybridized carbons (Fsp3) is 0.154. The van der Waals surface area contributed by atoms with Gasteiger partial charge in [-0.05, 0) is 25.1 Å². The highest BCUT2D eigenvalue weighted by Gasteiger charge is 2.08. The second kappa shape index (κ2) is 5.10. The summed E-state index contributed by atoms with van der Waals surface area (Å²) in [6, 6.07) is 9.55. The summed E-state index contributed by atoms with van der Waals surface area (Å²) >= 11 is 4.97. The van der Waals surface area contributed by atoms with Crippen molar-refractivity contribution >= 4 is 28.8 Å². The van der Waals surface area contributed by atoms with Crippen LogP contribution in [0, 0.1) is 6.92 Å². The molecule has 0 amide bonds. The molecule has 0 aliphatic heterocycles. The van der Waals surface area contributed by atoms with E-state index in [1.54, 1.807) is 6.20 Å². The molecule has 0 aliphatic carbocycles. The van der Waals surface area contributed by atoms with Gasteiger partial charge in [-0.1, -0.05) is 24.4 Å². The molecule has 2 N–H and O–H groups in total. The van der Waals surface area contributed by atoms with Crippen molar-refractivity contribution in [1.29, 1.82) is 0 Å². The number of hydrogen-bond donors (Lipinski definition) is 1. The van der Waals surface area contributed by atoms with E-state index in [0.29, 0.717) is 10.9 Å². The van der Waals surface area contributed by atoms with Gasteiger partial charge in [0.25, 0.3) is 0 Å². The smallest absolute Gasteiger partial charge is 0.229 e. The number of anilines is 2. The maximum Gasteiger partial charge on any atom is 0.229 e. The molecule has 0 bridgehead atoms. The summed E-state index contributed by atoms with van der Waals surface area (Å²) in [6.07, 6.45) is 1.74. The lowest BCUT2D eigenvalue weighted by Gasteiger charge is -2.17. The number of aryl methyl sites for hydroxylation is 1. The monoisotopic (exact) mass is 258 g/mol. The van der Waals surface area contributed by atoms with Crippen LogP contribution in [-0.4, -0.2) is 22.0 Å². The first-order chi connectivity index (χ1) is 8.58. The van der Waals surface area contributed by atoms with Crippen LogP contribution in [0.15, 0.2) is 36.5 Å². The predicted octanol–water partition coefficient (Wildman–Crippen LogP) is 2.19. The van der Waals surface area contributed by atoms with Crippen molar-refractivity contribution in [3.05, 3.63) is 47.8 Å². The van der Waals surface area contributed by atoms with Crippen LogP contribution in [0.4, 0.5) is 11.6 Å². The molecule has 1 aromatic carbocycles. The van der Waals surface area contributed by atoms with Crippen molar-refractivity contribution in [2.45, 2.75) is 6.92 Å². The third kappa shape index (κ3) is 2.62. The van der Waals surface area contributed by atoms with Crippen LogP contribution in [0.1, 0.15) is 11.3 Å². The molecule has 0 aliphatic rings. The topological polar surface area (TPSA) is 55.0 Å². The van der Waals surface area contributed by atoms with Gasteiger partial charge in [0.15, 0.2) is 0 Å². The van der Waals surface area contributed by atoms with E-state index < -0.39 is 0 Å². The third-order valence-electron chi connectivity index (χ3n) is 2.60. The number of rotatable bonds is 3. The average Bonchev–Trinajstić information content (AvgIpc) is 2.38. The quantitative estimate of drug-likeness (QED) is 0.855. The minimum atomic E-state index is 0.385. The molecule has 4 nitrogen and oxygen atoms in total. The van der Waals surface area contributed by atoms with E-state index in [-0.39, 0.29) is 0 Å². The molecule has 2 aromatic rings. The molecular weight excluding hydrogens is 244 g/mol. The van der Waals surface area contributed by atoms with Gasteiger partial charge in [0, 0.05) is 30.2 Å². The van der Waals surface area contributed by atoms with Gasteiger partial charge >= 0.3 is 0 Å². The van der Waals surface area contributed by atoms with Gasteiger partial charge in [-0.25, -0.2) is 9.97 Å². The van der Waals surface area contributed by atoms with Crippen LogP contribution < -0.4 is 10.6 Å². The van der Waals surface area contributed by atoms with Gasteiger partial charge in [0.1, 0.15) is 4.99 Å². The van der Waals surface area contributed by atoms with Gasteiger partial charge in [0.05, 0.1) is 0 Å². The summed E-state index contributed by atoms with van der Waals surface area (Å²) < 4.78 is 0. The van der Waals surface area contributed by atoms with Gasteiger partial charge in [0.2, 0.25) is 5.95 Å². The third-order valence-corrected chi connectivity index (χ3v) is 2.84. The zero-order valence-corrected chi connectivity index (χ0v) is 11.1. The SMILES string of the molecule is Cc1ccnc(N(C)c2cccc(C(N)=S)c2)n1. The van der Waals surface area contributed by atoms with E-state index in [2.05, 4.69) is 9.97 Å². The van der Waals surface area contributed by atoms with Crippen molar-refractivity contribution in [2.24, 2.45) is 5.73 Å². The summed E-state index contributed by atoms with van der Waals surface area (Å²) in [4.78, 5) is 10.9. The summed E-state index contributed by atoms with van der Waals surface area (Å²) in [5, 5.41) is 0. The lowest BCUT2D eigenvalue weighted by atomic mass is 10.2. The highest BCUT2D eigenvalue weighted by Crippen LogP contribution is 2.20. The average molecular weight is 258 g/mol. The fourth-order valence-corrected chi connectivity index (χ4v) is 1.71. The Morgan fingerprint density at radius 3 is 2.78 bits per heavy atom. The summed E-state index contributed by atoms with van der Waals surface area (Å²) in [5.74, 6) is 0.648. The zero-order valence-electron chi connectivity index (χ0n) is 10.3. The van der Waals surface area contributed by atoms with Crippen molar-refractivity contribution < 1.29 is 0 Å². The van der Waals surface area contributed by atoms with Crippen molar-refractivity contribution in [3.8, 4) is 0 Å². The molecule has 92 valence electrons. The van der Waals surface area contributed by atoms with E-state index in [0.717, 1.165) is 16.9 Å². The normalized spacial score (nSPS) is 10.1. The lowest BCUT2D eigenvalue weighted by molar-refractivity contribution is 1.01. The number of benzene rings is 1. The Morgan fingerprint density at radius 2 is 2.11 bits per heavy atom. The number of aromatic nitrogens is 2. The van der Waals surface area contributed by atoms with E-state index >= 15 is 0 Å². The van der Waals surface area contributed by atoms with Crippen molar-refractivity contribution in [1.82, 2.24) is 9.97 Å². The summed E-state index contributed by atoms with van der Waals surface area (Å²) in [5.41, 5.74) is 8.34. The van der Waals surface area contributed by atoms with Gasteiger partial charge in [-0.2, -0.15) is 0 Å². The number of hydrogen-bond acceptors (Lipinski definition) is 4. The molecule has 0 saturated heterocycles. The van der Waals surface area contributed by atoms with E-state index in [1.165, 1.54) is 0 Å². The molecule has 2 rings (SSSR count). The maximum atomic E-state index is 5.63. The first-order valence-electron chi connectivity index (χ1n) is 5.51. The second-order valence-electron chi connectivity index (χ2n) is 3.97. The highest BCUT2D eigenvalue weighted by atomic mass is 32.1. The van der Waals surface area contributed by atoms with Crippen LogP contribution in [0.25, 0.3) is 0 Å². The largest absolute Gasteiger partial charge is 0.389 e. The Balaban J connectivity index is 2.36. The molecule has 1 aromatic heterocycles. The van der Waals surface area contributed by atoms with Crippen molar-refractivity contribution in [2.75, 3.05) is 11.9 Å². The maximum absolute atomic E-state index is 5.63. The Hall–Kier alpha value is -2.01. The Bertz CT molecular complexity index is 583. The minimum Gasteiger partial charge on any atom is -0.389 e. The standard InChI is InChI=1S/C13H14N4S/c1-9-6-7-15-13(16-9)17(2)11-5-3-4-10(8-11)12(14)18/h3-8H,1-2H3,(H2,14,18). The van der Waals surface area contributed by atoms with Gasteiger partial charge < -0.3 is 10.6 Å². The zero-order chi connectivity index (χ0) is 13.1. The van der Waals surface area contributed by atoms with Gasteiger partial charge in [-0.15, -0.1) is 0 Å². The second-order valence-corrected chi connectivity index (χ2v) is 4.41. The van der Waals surface area contributed by atoms with Crippen LogP contribution >= 0.6 is 12.2 Å². The molecule has 0 saturated carbocycles. The summed E-state index contributed by atoms with van der Waals surface area (Å²) in [6.45, 7) is 1.93. The van der Waals surface area contributed by atoms with E-state index in [9.17, 15) is 0 Å². The number of nitrogens with two attached hydrogens (primary N) is 1. The Kier molecular flexibility index (Phi) is 3.53. The molecular formula is C13H14N4S. The molecule has 5 heteroatoms. The molecule has 0 unspecified atom stereocenters. The van der Waals surface area contributed by atoms with Crippen LogP contribution in [0.2, 0.25) is 0 Å². The molecule has 18 heavy (non-hydrogen) atoms. The molecule has 0 atom stereocenters. The Morgan fingerprint density at radius 1 is 1.33 bits per heavy atom.